The second-order valence-corrected chi connectivity index (χ2v) is 8.46. The van der Waals surface area contributed by atoms with Gasteiger partial charge in [0.15, 0.2) is 11.5 Å². The molecule has 0 radical (unpaired) electrons. The minimum Gasteiger partial charge on any atom is -0.507 e. The number of anilines is 1. The van der Waals surface area contributed by atoms with Gasteiger partial charge in [-0.15, -0.1) is 0 Å². The SMILES string of the molecule is CCOc1cc(C2/C(=C(\O)c3cc(OC)ccc3OC)C(=O)C(=O)N2c2cc(Cl)ccc2O)ccc1O. The van der Waals surface area contributed by atoms with Crippen LogP contribution in [-0.2, 0) is 9.59 Å². The Kier molecular flexibility index (Phi) is 7.17. The van der Waals surface area contributed by atoms with Crippen LogP contribution < -0.4 is 19.1 Å². The van der Waals surface area contributed by atoms with E-state index in [2.05, 4.69) is 0 Å². The summed E-state index contributed by atoms with van der Waals surface area (Å²) in [6, 6.07) is 11.8. The molecule has 10 heteroatoms. The molecule has 0 bridgehead atoms. The van der Waals surface area contributed by atoms with Crippen LogP contribution in [0.1, 0.15) is 24.1 Å². The van der Waals surface area contributed by atoms with Crippen molar-refractivity contribution < 1.29 is 39.1 Å². The molecule has 1 fully saturated rings. The Labute approximate surface area is 217 Å². The molecule has 1 heterocycles. The van der Waals surface area contributed by atoms with E-state index in [1.807, 2.05) is 0 Å². The number of benzene rings is 3. The van der Waals surface area contributed by atoms with Crippen molar-refractivity contribution in [3.63, 3.8) is 0 Å². The quantitative estimate of drug-likeness (QED) is 0.228. The van der Waals surface area contributed by atoms with Gasteiger partial charge in [-0.25, -0.2) is 0 Å². The van der Waals surface area contributed by atoms with E-state index < -0.39 is 23.5 Å². The topological polar surface area (TPSA) is 126 Å². The van der Waals surface area contributed by atoms with Crippen LogP contribution in [-0.4, -0.2) is 47.8 Å². The van der Waals surface area contributed by atoms with Gasteiger partial charge in [-0.1, -0.05) is 17.7 Å². The number of methoxy groups -OCH3 is 2. The van der Waals surface area contributed by atoms with Crippen molar-refractivity contribution in [2.75, 3.05) is 25.7 Å². The fraction of sp³-hybridized carbons (Fsp3) is 0.185. The number of halogens is 1. The number of hydrogen-bond donors (Lipinski definition) is 3. The predicted octanol–water partition coefficient (Wildman–Crippen LogP) is 4.79. The lowest BCUT2D eigenvalue weighted by molar-refractivity contribution is -0.132. The summed E-state index contributed by atoms with van der Waals surface area (Å²) in [6.45, 7) is 1.98. The summed E-state index contributed by atoms with van der Waals surface area (Å²) in [5, 5.41) is 32.5. The molecule has 1 saturated heterocycles. The van der Waals surface area contributed by atoms with Gasteiger partial charge < -0.3 is 29.5 Å². The first kappa shape index (κ1) is 25.7. The number of aliphatic hydroxyl groups excluding tert-OH is 1. The first-order valence-corrected chi connectivity index (χ1v) is 11.6. The molecule has 3 aromatic carbocycles. The molecule has 1 aliphatic rings. The number of carbonyl (C=O) groups excluding carboxylic acids is 2. The number of aromatic hydroxyl groups is 2. The first-order valence-electron chi connectivity index (χ1n) is 11.2. The maximum atomic E-state index is 13.4. The second kappa shape index (κ2) is 10.3. The Morgan fingerprint density at radius 3 is 2.35 bits per heavy atom. The van der Waals surface area contributed by atoms with Crippen LogP contribution in [0.25, 0.3) is 5.76 Å². The van der Waals surface area contributed by atoms with E-state index >= 15 is 0 Å². The van der Waals surface area contributed by atoms with Crippen molar-refractivity contribution in [2.45, 2.75) is 13.0 Å². The van der Waals surface area contributed by atoms with Crippen LogP contribution in [0.4, 0.5) is 5.69 Å². The maximum Gasteiger partial charge on any atom is 0.300 e. The zero-order valence-corrected chi connectivity index (χ0v) is 20.9. The summed E-state index contributed by atoms with van der Waals surface area (Å²) in [7, 11) is 2.84. The van der Waals surface area contributed by atoms with Gasteiger partial charge in [0.05, 0.1) is 43.7 Å². The molecule has 1 aliphatic heterocycles. The van der Waals surface area contributed by atoms with Gasteiger partial charge in [0.2, 0.25) is 0 Å². The fourth-order valence-electron chi connectivity index (χ4n) is 4.20. The van der Waals surface area contributed by atoms with Crippen molar-refractivity contribution in [2.24, 2.45) is 0 Å². The third-order valence-electron chi connectivity index (χ3n) is 5.90. The van der Waals surface area contributed by atoms with Crippen molar-refractivity contribution in [3.05, 3.63) is 76.3 Å². The van der Waals surface area contributed by atoms with E-state index in [0.717, 1.165) is 4.90 Å². The molecule has 4 rings (SSSR count). The number of ether oxygens (including phenoxy) is 3. The smallest absolute Gasteiger partial charge is 0.300 e. The van der Waals surface area contributed by atoms with E-state index in [1.54, 1.807) is 19.1 Å². The van der Waals surface area contributed by atoms with Crippen molar-refractivity contribution in [1.29, 1.82) is 0 Å². The Bertz CT molecular complexity index is 1420. The highest BCUT2D eigenvalue weighted by molar-refractivity contribution is 6.52. The molecule has 0 saturated carbocycles. The maximum absolute atomic E-state index is 13.4. The van der Waals surface area contributed by atoms with Crippen LogP contribution >= 0.6 is 11.6 Å². The van der Waals surface area contributed by atoms with Gasteiger partial charge in [0, 0.05) is 5.02 Å². The van der Waals surface area contributed by atoms with Crippen molar-refractivity contribution in [1.82, 2.24) is 0 Å². The number of phenolic OH excluding ortho intramolecular Hbond substituents is 2. The average molecular weight is 526 g/mol. The highest BCUT2D eigenvalue weighted by Gasteiger charge is 2.48. The van der Waals surface area contributed by atoms with E-state index in [-0.39, 0.29) is 51.5 Å². The Hall–Kier alpha value is -4.37. The van der Waals surface area contributed by atoms with Crippen LogP contribution in [0.2, 0.25) is 5.02 Å². The van der Waals surface area contributed by atoms with E-state index in [0.29, 0.717) is 11.3 Å². The number of amides is 1. The molecule has 37 heavy (non-hydrogen) atoms. The van der Waals surface area contributed by atoms with E-state index in [9.17, 15) is 24.9 Å². The van der Waals surface area contributed by atoms with Gasteiger partial charge in [-0.05, 0) is 61.0 Å². The van der Waals surface area contributed by atoms with Gasteiger partial charge in [0.25, 0.3) is 11.7 Å². The summed E-state index contributed by atoms with van der Waals surface area (Å²) in [4.78, 5) is 27.9. The minimum absolute atomic E-state index is 0.0395. The lowest BCUT2D eigenvalue weighted by atomic mass is 9.94. The zero-order chi connectivity index (χ0) is 26.9. The molecule has 1 unspecified atom stereocenters. The van der Waals surface area contributed by atoms with Gasteiger partial charge in [0.1, 0.15) is 23.0 Å². The van der Waals surface area contributed by atoms with Crippen molar-refractivity contribution in [3.8, 4) is 28.7 Å². The number of hydrogen-bond acceptors (Lipinski definition) is 8. The fourth-order valence-corrected chi connectivity index (χ4v) is 4.37. The Morgan fingerprint density at radius 2 is 1.68 bits per heavy atom. The number of Topliss-reactive ketones (excluding diaryl/α,β-unsaturated/α-hetero) is 1. The summed E-state index contributed by atoms with van der Waals surface area (Å²) >= 11 is 6.15. The molecule has 9 nitrogen and oxygen atoms in total. The third-order valence-corrected chi connectivity index (χ3v) is 6.14. The van der Waals surface area contributed by atoms with Crippen LogP contribution in [0.3, 0.4) is 0 Å². The number of aliphatic hydroxyl groups is 1. The summed E-state index contributed by atoms with van der Waals surface area (Å²) < 4.78 is 16.1. The molecular formula is C27H24ClNO8. The van der Waals surface area contributed by atoms with E-state index in [1.165, 1.54) is 56.7 Å². The number of carbonyl (C=O) groups is 2. The van der Waals surface area contributed by atoms with Crippen molar-refractivity contribution >= 4 is 34.7 Å². The molecule has 1 amide bonds. The summed E-state index contributed by atoms with van der Waals surface area (Å²) in [6.07, 6.45) is 0. The lowest BCUT2D eigenvalue weighted by Crippen LogP contribution is -2.29. The highest BCUT2D eigenvalue weighted by atomic mass is 35.5. The molecular weight excluding hydrogens is 502 g/mol. The van der Waals surface area contributed by atoms with Gasteiger partial charge in [-0.3, -0.25) is 14.5 Å². The third kappa shape index (κ3) is 4.61. The molecule has 3 N–H and O–H groups in total. The van der Waals surface area contributed by atoms with Gasteiger partial charge >= 0.3 is 0 Å². The first-order chi connectivity index (χ1) is 17.7. The summed E-state index contributed by atoms with van der Waals surface area (Å²) in [5.74, 6) is -2.26. The molecule has 0 spiro atoms. The molecule has 0 aliphatic carbocycles. The second-order valence-electron chi connectivity index (χ2n) is 8.03. The summed E-state index contributed by atoms with van der Waals surface area (Å²) in [5.41, 5.74) is 0.124. The molecule has 1 atom stereocenters. The molecule has 192 valence electrons. The largest absolute Gasteiger partial charge is 0.507 e. The average Bonchev–Trinajstić information content (AvgIpc) is 3.16. The normalized spacial score (nSPS) is 16.6. The zero-order valence-electron chi connectivity index (χ0n) is 20.2. The number of phenols is 2. The molecule has 0 aromatic heterocycles. The molecule has 3 aromatic rings. The highest BCUT2D eigenvalue weighted by Crippen LogP contribution is 2.47. The minimum atomic E-state index is -1.22. The van der Waals surface area contributed by atoms with Gasteiger partial charge in [-0.2, -0.15) is 0 Å². The Morgan fingerprint density at radius 1 is 0.946 bits per heavy atom. The Balaban J connectivity index is 2.04. The number of rotatable bonds is 7. The number of nitrogens with zero attached hydrogens (tertiary/aromatic N) is 1. The number of ketones is 1. The monoisotopic (exact) mass is 525 g/mol. The standard InChI is InChI=1S/C27H24ClNO8/c1-4-37-22-11-14(5-8-20(22)31)24-23(25(32)17-13-16(35-2)7-10-21(17)36-3)26(33)27(34)29(24)18-12-15(28)6-9-19(18)30/h5-13,24,30-32H,4H2,1-3H3/b25-23+. The van der Waals surface area contributed by atoms with Crippen LogP contribution in [0.15, 0.2) is 60.2 Å². The van der Waals surface area contributed by atoms with Crippen LogP contribution in [0, 0.1) is 0 Å². The van der Waals surface area contributed by atoms with E-state index in [4.69, 9.17) is 25.8 Å². The van der Waals surface area contributed by atoms with Crippen LogP contribution in [0.5, 0.6) is 28.7 Å². The lowest BCUT2D eigenvalue weighted by Gasteiger charge is -2.26. The predicted molar refractivity (Wildman–Crippen MR) is 137 cm³/mol.